The second kappa shape index (κ2) is 30.8. The average Bonchev–Trinajstić information content (AvgIpc) is 2.60. The second-order valence-corrected chi connectivity index (χ2v) is 21.2. The molecular formula is C48H80N6O31. The summed E-state index contributed by atoms with van der Waals surface area (Å²) in [6, 6.07) is -10.0. The van der Waals surface area contributed by atoms with Gasteiger partial charge in [0, 0.05) is 41.5 Å². The second-order valence-electron chi connectivity index (χ2n) is 21.2. The van der Waals surface area contributed by atoms with Crippen LogP contribution in [0.4, 0.5) is 0 Å². The lowest BCUT2D eigenvalue weighted by Crippen LogP contribution is -2.72. The molecule has 0 bridgehead atoms. The van der Waals surface area contributed by atoms with Gasteiger partial charge >= 0.3 is 0 Å². The summed E-state index contributed by atoms with van der Waals surface area (Å²) in [5.74, 6) is -4.75. The Labute approximate surface area is 483 Å². The molecule has 37 heteroatoms. The molecule has 6 heterocycles. The van der Waals surface area contributed by atoms with Crippen LogP contribution in [0.25, 0.3) is 0 Å². The molecule has 0 aromatic rings. The van der Waals surface area contributed by atoms with E-state index in [-0.39, 0.29) is 0 Å². The number of aliphatic hydroxyl groups excluding tert-OH is 14. The number of nitrogens with one attached hydrogen (secondary N) is 6. The van der Waals surface area contributed by atoms with Crippen LogP contribution in [0.1, 0.15) is 41.5 Å². The van der Waals surface area contributed by atoms with Crippen molar-refractivity contribution in [2.75, 3.05) is 39.6 Å². The van der Waals surface area contributed by atoms with Crippen molar-refractivity contribution in [3.8, 4) is 0 Å². The normalized spacial score (nSPS) is 44.0. The molecule has 488 valence electrons. The molecule has 85 heavy (non-hydrogen) atoms. The number of carbonyl (C=O) groups excluding carboxylic acids is 6. The van der Waals surface area contributed by atoms with Crippen molar-refractivity contribution in [3.05, 3.63) is 0 Å². The van der Waals surface area contributed by atoms with Crippen LogP contribution in [-0.4, -0.2) is 330 Å². The first-order valence-corrected chi connectivity index (χ1v) is 27.1. The van der Waals surface area contributed by atoms with Gasteiger partial charge in [-0.15, -0.1) is 0 Å². The molecule has 20 N–H and O–H groups in total. The summed E-state index contributed by atoms with van der Waals surface area (Å²) in [5, 5.41) is 168. The minimum atomic E-state index is -2.07. The Hall–Kier alpha value is -4.18. The van der Waals surface area contributed by atoms with Crippen molar-refractivity contribution in [1.82, 2.24) is 31.9 Å². The number of aliphatic hydroxyl groups is 14. The first kappa shape index (κ1) is 69.9. The Morgan fingerprint density at radius 1 is 0.282 bits per heavy atom. The SMILES string of the molecule is CC(=O)N[C@@H]1[C@@H](O)[C@H](O[C@@H]2O[C@H](CO)[C@@H](O[C@H]3O[C@H](CO)[C@@H](O[C@@H]4O[C@H](CO)[C@@H](O[C@@H]5O[C@H](CO)[C@@H](O[C@@H]6O[C@H](CO)[C@@H](O)[C@H](O)[C@H]6NC(C)=O)[C@H](O)[C@H]5NC(C)=O)[C@H](O)[C@H]4NC(C)=O)[C@H](O)[C@H]3NC(C)=O)[C@H](O)[C@H]2NC(C)=O)[C@@H](CO)O[C@@H]1O. The zero-order valence-corrected chi connectivity index (χ0v) is 46.8. The highest BCUT2D eigenvalue weighted by Crippen LogP contribution is 2.37. The smallest absolute Gasteiger partial charge is 0.217 e. The van der Waals surface area contributed by atoms with Gasteiger partial charge in [-0.25, -0.2) is 0 Å². The van der Waals surface area contributed by atoms with E-state index in [0.29, 0.717) is 0 Å². The van der Waals surface area contributed by atoms with Crippen LogP contribution in [0.5, 0.6) is 0 Å². The van der Waals surface area contributed by atoms with Crippen LogP contribution >= 0.6 is 0 Å². The number of carbonyl (C=O) groups is 6. The monoisotopic (exact) mass is 1240 g/mol. The maximum absolute atomic E-state index is 12.8. The summed E-state index contributed by atoms with van der Waals surface area (Å²) in [4.78, 5) is 74.9. The van der Waals surface area contributed by atoms with Crippen LogP contribution in [0.2, 0.25) is 0 Å². The molecule has 6 saturated heterocycles. The fraction of sp³-hybridized carbons (Fsp3) is 0.875. The Bertz CT molecular complexity index is 2230. The molecule has 0 radical (unpaired) electrons. The predicted octanol–water partition coefficient (Wildman–Crippen LogP) is -13.2. The minimum absolute atomic E-state index is 0.705. The van der Waals surface area contributed by atoms with Gasteiger partial charge in [-0.2, -0.15) is 0 Å². The molecule has 6 aliphatic rings. The average molecular weight is 1240 g/mol. The number of hydrogen-bond donors (Lipinski definition) is 20. The van der Waals surface area contributed by atoms with Gasteiger partial charge in [0.15, 0.2) is 37.7 Å². The number of amides is 6. The van der Waals surface area contributed by atoms with E-state index in [1.54, 1.807) is 0 Å². The van der Waals surface area contributed by atoms with Gasteiger partial charge in [0.1, 0.15) is 146 Å². The standard InChI is InChI=1S/C48H80N6O31/c1-13(61)49-25-33(69)38(20(8-56)75-43(25)74)81-45-27(51-15(3)63)35(71)40(22(10-58)77-45)83-47-29(53-17(5)65)37(73)42(24(12-60)79-47)85-48-30(54-18(6)66)36(72)41(23(11-59)80-48)84-46-28(52-16(4)64)34(70)39(21(9-57)78-46)82-44-26(50-14(2)62)32(68)31(67)19(7-55)76-44/h19-48,55-60,67-74H,7-12H2,1-6H3,(H,49,61)(H,50,62)(H,51,63)(H,52,64)(H,53,65)(H,54,66)/t19-,20-,21-,22-,23-,24-,25-,26-,27-,28-,29-,30-,31-,32-,33-,34-,35-,36-,37-,38-,39-,40-,41-,42-,43+,44+,45+,46+,47-,48+/m1/s1. The molecule has 0 aliphatic carbocycles. The first-order chi connectivity index (χ1) is 40.1. The highest BCUT2D eigenvalue weighted by atomic mass is 16.8. The third-order valence-corrected chi connectivity index (χ3v) is 14.8. The number of ether oxygens (including phenoxy) is 11. The Morgan fingerprint density at radius 2 is 0.471 bits per heavy atom. The van der Waals surface area contributed by atoms with Crippen molar-refractivity contribution in [2.45, 2.75) is 225 Å². The molecule has 0 saturated carbocycles. The molecule has 0 aromatic heterocycles. The lowest BCUT2D eigenvalue weighted by molar-refractivity contribution is -0.370. The van der Waals surface area contributed by atoms with Crippen LogP contribution < -0.4 is 31.9 Å². The van der Waals surface area contributed by atoms with E-state index < -0.39 is 259 Å². The van der Waals surface area contributed by atoms with Gasteiger partial charge in [0.05, 0.1) is 39.6 Å². The van der Waals surface area contributed by atoms with E-state index in [2.05, 4.69) is 31.9 Å². The van der Waals surface area contributed by atoms with Gasteiger partial charge in [0.25, 0.3) is 0 Å². The lowest BCUT2D eigenvalue weighted by Gasteiger charge is -2.51. The van der Waals surface area contributed by atoms with Gasteiger partial charge in [-0.1, -0.05) is 0 Å². The molecule has 6 fully saturated rings. The fourth-order valence-electron chi connectivity index (χ4n) is 11.0. The van der Waals surface area contributed by atoms with Crippen molar-refractivity contribution in [1.29, 1.82) is 0 Å². The van der Waals surface area contributed by atoms with Crippen LogP contribution in [0, 0.1) is 0 Å². The Balaban J connectivity index is 1.23. The Kier molecular flexibility index (Phi) is 25.4. The van der Waals surface area contributed by atoms with E-state index in [0.717, 1.165) is 41.5 Å². The molecule has 0 unspecified atom stereocenters. The van der Waals surface area contributed by atoms with E-state index >= 15 is 0 Å². The summed E-state index contributed by atoms with van der Waals surface area (Å²) in [6.07, 6.45) is -43.4. The third-order valence-electron chi connectivity index (χ3n) is 14.8. The zero-order valence-electron chi connectivity index (χ0n) is 46.8. The maximum atomic E-state index is 12.8. The quantitative estimate of drug-likeness (QED) is 0.0479. The molecule has 6 amide bonds. The highest BCUT2D eigenvalue weighted by molar-refractivity contribution is 5.75. The summed E-state index contributed by atoms with van der Waals surface area (Å²) < 4.78 is 65.4. The Morgan fingerprint density at radius 3 is 0.694 bits per heavy atom. The maximum Gasteiger partial charge on any atom is 0.217 e. The molecule has 0 spiro atoms. The van der Waals surface area contributed by atoms with Crippen LogP contribution in [0.3, 0.4) is 0 Å². The van der Waals surface area contributed by atoms with Gasteiger partial charge in [0.2, 0.25) is 35.4 Å². The summed E-state index contributed by atoms with van der Waals surface area (Å²) in [7, 11) is 0. The number of rotatable bonds is 22. The fourth-order valence-corrected chi connectivity index (χ4v) is 11.0. The van der Waals surface area contributed by atoms with Gasteiger partial charge in [-0.3, -0.25) is 28.8 Å². The summed E-state index contributed by atoms with van der Waals surface area (Å²) in [5.41, 5.74) is 0. The van der Waals surface area contributed by atoms with Gasteiger partial charge < -0.3 is 155 Å². The molecule has 6 aliphatic heterocycles. The van der Waals surface area contributed by atoms with E-state index in [9.17, 15) is 100 Å². The van der Waals surface area contributed by atoms with Crippen LogP contribution in [-0.2, 0) is 80.9 Å². The molecule has 0 aromatic carbocycles. The molecule has 30 atom stereocenters. The van der Waals surface area contributed by atoms with E-state index in [1.807, 2.05) is 0 Å². The van der Waals surface area contributed by atoms with E-state index in [1.165, 1.54) is 0 Å². The topological polar surface area (TPSA) is 559 Å². The van der Waals surface area contributed by atoms with Crippen LogP contribution in [0.15, 0.2) is 0 Å². The lowest BCUT2D eigenvalue weighted by atomic mass is 9.92. The highest BCUT2D eigenvalue weighted by Gasteiger charge is 2.59. The van der Waals surface area contributed by atoms with E-state index in [4.69, 9.17) is 52.1 Å². The van der Waals surface area contributed by atoms with Crippen molar-refractivity contribution < 1.29 is 152 Å². The molecule has 37 nitrogen and oxygen atoms in total. The van der Waals surface area contributed by atoms with Gasteiger partial charge in [-0.05, 0) is 0 Å². The third kappa shape index (κ3) is 16.4. The first-order valence-electron chi connectivity index (χ1n) is 27.1. The zero-order chi connectivity index (χ0) is 63.0. The minimum Gasteiger partial charge on any atom is -0.394 e. The molecule has 6 rings (SSSR count). The van der Waals surface area contributed by atoms with Crippen molar-refractivity contribution >= 4 is 35.4 Å². The summed E-state index contributed by atoms with van der Waals surface area (Å²) >= 11 is 0. The summed E-state index contributed by atoms with van der Waals surface area (Å²) in [6.45, 7) is 0.406. The predicted molar refractivity (Wildman–Crippen MR) is 269 cm³/mol. The largest absolute Gasteiger partial charge is 0.394 e. The van der Waals surface area contributed by atoms with Crippen molar-refractivity contribution in [3.63, 3.8) is 0 Å². The molecular weight excluding hydrogens is 1160 g/mol. The van der Waals surface area contributed by atoms with Crippen molar-refractivity contribution in [2.24, 2.45) is 0 Å². The number of hydrogen-bond acceptors (Lipinski definition) is 31.